The normalized spacial score (nSPS) is 26.3. The lowest BCUT2D eigenvalue weighted by Crippen LogP contribution is -2.50. The summed E-state index contributed by atoms with van der Waals surface area (Å²) in [5, 5.41) is 14.2. The number of cyclic esters (lactones) is 1. The maximum absolute atomic E-state index is 12.5. The fraction of sp³-hybridized carbons (Fsp3) is 0.417. The Morgan fingerprint density at radius 2 is 1.97 bits per heavy atom. The van der Waals surface area contributed by atoms with E-state index in [1.807, 2.05) is 12.1 Å². The highest BCUT2D eigenvalue weighted by Crippen LogP contribution is 2.38. The van der Waals surface area contributed by atoms with Gasteiger partial charge in [0.15, 0.2) is 18.2 Å². The predicted octanol–water partition coefficient (Wildman–Crippen LogP) is 2.63. The molecular weight excluding hydrogens is 476 g/mol. The minimum Gasteiger partial charge on any atom is -0.483 e. The SMILES string of the molecule is O=C1COc2ccc(N3CC([C@H]4C[C@@H](NC5Cc6cccc(Cl)c6C5)C4)OC3=O)nc2N1.O=CO. The fourth-order valence-corrected chi connectivity index (χ4v) is 5.45. The summed E-state index contributed by atoms with van der Waals surface area (Å²) < 4.78 is 11.0. The van der Waals surface area contributed by atoms with Gasteiger partial charge < -0.3 is 25.2 Å². The van der Waals surface area contributed by atoms with Crippen LogP contribution in [0, 0.1) is 5.92 Å². The van der Waals surface area contributed by atoms with Crippen molar-refractivity contribution in [3.63, 3.8) is 0 Å². The van der Waals surface area contributed by atoms with Crippen LogP contribution in [0.15, 0.2) is 30.3 Å². The van der Waals surface area contributed by atoms with Crippen molar-refractivity contribution in [3.05, 3.63) is 46.5 Å². The van der Waals surface area contributed by atoms with E-state index in [4.69, 9.17) is 31.0 Å². The first-order chi connectivity index (χ1) is 16.9. The molecule has 2 fully saturated rings. The number of pyridine rings is 1. The van der Waals surface area contributed by atoms with E-state index >= 15 is 0 Å². The molecular formula is C24H25ClN4O6. The first-order valence-electron chi connectivity index (χ1n) is 11.5. The Morgan fingerprint density at radius 3 is 2.74 bits per heavy atom. The average molecular weight is 501 g/mol. The monoisotopic (exact) mass is 500 g/mol. The molecule has 1 aromatic carbocycles. The summed E-state index contributed by atoms with van der Waals surface area (Å²) >= 11 is 6.34. The molecule has 184 valence electrons. The van der Waals surface area contributed by atoms with Crippen molar-refractivity contribution in [3.8, 4) is 5.75 Å². The second kappa shape index (κ2) is 9.71. The van der Waals surface area contributed by atoms with Crippen molar-refractivity contribution >= 4 is 41.7 Å². The largest absolute Gasteiger partial charge is 0.483 e. The summed E-state index contributed by atoms with van der Waals surface area (Å²) in [7, 11) is 0. The summed E-state index contributed by atoms with van der Waals surface area (Å²) in [6.07, 6.45) is 3.38. The second-order valence-corrected chi connectivity index (χ2v) is 9.48. The van der Waals surface area contributed by atoms with Crippen LogP contribution in [0.1, 0.15) is 24.0 Å². The summed E-state index contributed by atoms with van der Waals surface area (Å²) in [4.78, 5) is 38.3. The zero-order valence-corrected chi connectivity index (χ0v) is 19.5. The minimum atomic E-state index is -0.400. The van der Waals surface area contributed by atoms with Crippen molar-refractivity contribution in [2.24, 2.45) is 5.92 Å². The molecule has 2 amide bonds. The number of carbonyl (C=O) groups excluding carboxylic acids is 2. The van der Waals surface area contributed by atoms with Crippen molar-refractivity contribution in [1.82, 2.24) is 10.3 Å². The minimum absolute atomic E-state index is 0.0290. The Balaban J connectivity index is 0.000000806. The van der Waals surface area contributed by atoms with Gasteiger partial charge in [-0.25, -0.2) is 9.78 Å². The molecule has 6 rings (SSSR count). The number of carbonyl (C=O) groups is 3. The maximum atomic E-state index is 12.5. The number of nitrogens with one attached hydrogen (secondary N) is 2. The van der Waals surface area contributed by atoms with Crippen LogP contribution in [0.3, 0.4) is 0 Å². The highest BCUT2D eigenvalue weighted by Gasteiger charge is 2.44. The lowest BCUT2D eigenvalue weighted by molar-refractivity contribution is -0.123. The van der Waals surface area contributed by atoms with E-state index in [0.717, 1.165) is 30.7 Å². The lowest BCUT2D eigenvalue weighted by Gasteiger charge is -2.39. The number of carboxylic acid groups (broad SMARTS) is 1. The second-order valence-electron chi connectivity index (χ2n) is 9.07. The Kier molecular flexibility index (Phi) is 6.48. The molecule has 0 bridgehead atoms. The Labute approximate surface area is 206 Å². The molecule has 2 unspecified atom stereocenters. The van der Waals surface area contributed by atoms with Crippen LogP contribution in [-0.2, 0) is 27.2 Å². The standard InChI is InChI=1S/C23H23ClN4O4.CH2O2/c24-17-3-1-2-12-6-15(9-16(12)17)25-14-7-13(8-14)19-10-28(23(30)32-19)20-5-4-18-22(26-20)27-21(29)11-31-18;2-1-3/h1-5,13-15,19,25H,6-11H2,(H,26,27,29);1H,(H,2,3)/t13-,14+,15?,19?;. The number of aromatic nitrogens is 1. The number of nitrogens with zero attached hydrogens (tertiary/aromatic N) is 2. The van der Waals surface area contributed by atoms with Crippen LogP contribution < -0.4 is 20.3 Å². The van der Waals surface area contributed by atoms with E-state index < -0.39 is 6.09 Å². The van der Waals surface area contributed by atoms with Gasteiger partial charge in [0.1, 0.15) is 11.9 Å². The summed E-state index contributed by atoms with van der Waals surface area (Å²) in [5.41, 5.74) is 2.60. The van der Waals surface area contributed by atoms with E-state index in [9.17, 15) is 9.59 Å². The van der Waals surface area contributed by atoms with Crippen LogP contribution in [0.25, 0.3) is 0 Å². The summed E-state index contributed by atoms with van der Waals surface area (Å²) in [6, 6.07) is 10.4. The molecule has 1 aromatic heterocycles. The smallest absolute Gasteiger partial charge is 0.415 e. The lowest BCUT2D eigenvalue weighted by atomic mass is 9.76. The molecule has 2 aliphatic carbocycles. The first-order valence-corrected chi connectivity index (χ1v) is 11.8. The molecule has 1 saturated carbocycles. The van der Waals surface area contributed by atoms with E-state index in [1.54, 1.807) is 12.1 Å². The van der Waals surface area contributed by atoms with E-state index in [-0.39, 0.29) is 25.1 Å². The fourth-order valence-electron chi connectivity index (χ4n) is 5.18. The number of ether oxygens (including phenoxy) is 2. The number of benzene rings is 1. The molecule has 10 nitrogen and oxygen atoms in total. The highest BCUT2D eigenvalue weighted by atomic mass is 35.5. The summed E-state index contributed by atoms with van der Waals surface area (Å²) in [5.74, 6) is 1.36. The zero-order chi connectivity index (χ0) is 24.5. The van der Waals surface area contributed by atoms with E-state index in [2.05, 4.69) is 21.7 Å². The summed E-state index contributed by atoms with van der Waals surface area (Å²) in [6.45, 7) is 0.181. The van der Waals surface area contributed by atoms with Gasteiger partial charge >= 0.3 is 6.09 Å². The number of anilines is 2. The predicted molar refractivity (Wildman–Crippen MR) is 127 cm³/mol. The van der Waals surface area contributed by atoms with Gasteiger partial charge in [0.05, 0.1) is 6.54 Å². The Hall–Kier alpha value is -3.37. The van der Waals surface area contributed by atoms with Gasteiger partial charge in [-0.15, -0.1) is 0 Å². The number of hydrogen-bond acceptors (Lipinski definition) is 7. The Morgan fingerprint density at radius 1 is 1.17 bits per heavy atom. The Bertz CT molecular complexity index is 1150. The van der Waals surface area contributed by atoms with Crippen LogP contribution in [0.4, 0.5) is 16.4 Å². The number of amides is 2. The van der Waals surface area contributed by atoms with Gasteiger partial charge in [-0.3, -0.25) is 14.5 Å². The maximum Gasteiger partial charge on any atom is 0.415 e. The molecule has 35 heavy (non-hydrogen) atoms. The van der Waals surface area contributed by atoms with Gasteiger partial charge in [-0.1, -0.05) is 23.7 Å². The quantitative estimate of drug-likeness (QED) is 0.546. The van der Waals surface area contributed by atoms with Crippen molar-refractivity contribution in [2.45, 2.75) is 43.9 Å². The molecule has 0 spiro atoms. The van der Waals surface area contributed by atoms with Gasteiger partial charge in [0.2, 0.25) is 0 Å². The van der Waals surface area contributed by atoms with Gasteiger partial charge in [-0.2, -0.15) is 0 Å². The average Bonchev–Trinajstić information content (AvgIpc) is 3.40. The van der Waals surface area contributed by atoms with Crippen molar-refractivity contribution < 1.29 is 29.0 Å². The van der Waals surface area contributed by atoms with E-state index in [0.29, 0.717) is 41.9 Å². The van der Waals surface area contributed by atoms with Crippen LogP contribution in [0.2, 0.25) is 5.02 Å². The first kappa shape index (κ1) is 23.4. The molecule has 2 aliphatic heterocycles. The van der Waals surface area contributed by atoms with Gasteiger partial charge in [0, 0.05) is 23.0 Å². The van der Waals surface area contributed by atoms with Crippen molar-refractivity contribution in [2.75, 3.05) is 23.4 Å². The molecule has 2 atom stereocenters. The third-order valence-corrected chi connectivity index (χ3v) is 7.23. The number of hydrogen-bond donors (Lipinski definition) is 3. The van der Waals surface area contributed by atoms with Gasteiger partial charge in [-0.05, 0) is 55.0 Å². The molecule has 11 heteroatoms. The van der Waals surface area contributed by atoms with Crippen LogP contribution >= 0.6 is 11.6 Å². The molecule has 3 N–H and O–H groups in total. The molecule has 3 heterocycles. The third kappa shape index (κ3) is 4.76. The number of fused-ring (bicyclic) bond motifs is 2. The zero-order valence-electron chi connectivity index (χ0n) is 18.8. The molecule has 0 radical (unpaired) electrons. The highest BCUT2D eigenvalue weighted by molar-refractivity contribution is 6.31. The molecule has 2 aromatic rings. The molecule has 4 aliphatic rings. The van der Waals surface area contributed by atoms with Crippen molar-refractivity contribution in [1.29, 1.82) is 0 Å². The van der Waals surface area contributed by atoms with E-state index in [1.165, 1.54) is 16.0 Å². The number of halogens is 1. The van der Waals surface area contributed by atoms with Crippen LogP contribution in [0.5, 0.6) is 5.75 Å². The van der Waals surface area contributed by atoms with Crippen LogP contribution in [-0.4, -0.2) is 59.9 Å². The molecule has 1 saturated heterocycles. The third-order valence-electron chi connectivity index (χ3n) is 6.88. The topological polar surface area (TPSA) is 130 Å². The van der Waals surface area contributed by atoms with Gasteiger partial charge in [0.25, 0.3) is 12.4 Å². The number of rotatable bonds is 4.